The quantitative estimate of drug-likeness (QED) is 0.343. The van der Waals surface area contributed by atoms with Crippen LogP contribution in [0.3, 0.4) is 0 Å². The number of rotatable bonds is 3. The summed E-state index contributed by atoms with van der Waals surface area (Å²) in [6.45, 7) is 5.92. The molecule has 9 heteroatoms. The van der Waals surface area contributed by atoms with Gasteiger partial charge in [0.25, 0.3) is 5.91 Å². The summed E-state index contributed by atoms with van der Waals surface area (Å²) in [6.07, 6.45) is 4.43. The number of benzene rings is 1. The Kier molecular flexibility index (Phi) is 5.66. The Morgan fingerprint density at radius 3 is 2.72 bits per heavy atom. The number of anilines is 1. The molecule has 29 heavy (non-hydrogen) atoms. The smallest absolute Gasteiger partial charge is 0.329 e. The molecule has 2 heterocycles. The van der Waals surface area contributed by atoms with Gasteiger partial charge in [0.05, 0.1) is 11.9 Å². The van der Waals surface area contributed by atoms with Crippen molar-refractivity contribution in [1.29, 1.82) is 5.41 Å². The number of ether oxygens (including phenoxy) is 1. The van der Waals surface area contributed by atoms with Gasteiger partial charge in [-0.1, -0.05) is 6.07 Å². The maximum Gasteiger partial charge on any atom is 0.329 e. The molecule has 0 unspecified atom stereocenters. The molecule has 1 saturated heterocycles. The highest BCUT2D eigenvalue weighted by Crippen LogP contribution is 2.29. The van der Waals surface area contributed by atoms with E-state index in [-0.39, 0.29) is 17.8 Å². The van der Waals surface area contributed by atoms with Crippen LogP contribution in [0.25, 0.3) is 10.8 Å². The number of fused-ring (bicyclic) bond motifs is 1. The minimum Gasteiger partial charge on any atom is -0.458 e. The second kappa shape index (κ2) is 7.87. The maximum atomic E-state index is 13.1. The summed E-state index contributed by atoms with van der Waals surface area (Å²) in [6, 6.07) is 4.52. The van der Waals surface area contributed by atoms with E-state index in [2.05, 4.69) is 4.98 Å². The van der Waals surface area contributed by atoms with Gasteiger partial charge in [-0.05, 0) is 45.7 Å². The summed E-state index contributed by atoms with van der Waals surface area (Å²) >= 11 is 6.05. The third-order valence-corrected chi connectivity index (χ3v) is 4.96. The highest BCUT2D eigenvalue weighted by molar-refractivity contribution is 6.38. The van der Waals surface area contributed by atoms with E-state index in [0.717, 1.165) is 10.8 Å². The van der Waals surface area contributed by atoms with Gasteiger partial charge in [0.15, 0.2) is 0 Å². The molecule has 1 aromatic carbocycles. The summed E-state index contributed by atoms with van der Waals surface area (Å²) in [5.74, 6) is -0.953. The van der Waals surface area contributed by atoms with Gasteiger partial charge in [0.2, 0.25) is 5.96 Å². The Morgan fingerprint density at radius 1 is 1.34 bits per heavy atom. The minimum atomic E-state index is -0.608. The molecule has 0 spiro atoms. The first-order chi connectivity index (χ1) is 13.6. The van der Waals surface area contributed by atoms with Crippen LogP contribution < -0.4 is 10.2 Å². The second-order valence-electron chi connectivity index (χ2n) is 7.95. The highest BCUT2D eigenvalue weighted by atomic mass is 35.5. The normalized spacial score (nSPS) is 16.7. The lowest BCUT2D eigenvalue weighted by atomic mass is 10.1. The van der Waals surface area contributed by atoms with Crippen LogP contribution in [-0.2, 0) is 9.53 Å². The first kappa shape index (κ1) is 20.9. The van der Waals surface area contributed by atoms with Gasteiger partial charge in [-0.2, -0.15) is 0 Å². The van der Waals surface area contributed by atoms with Crippen molar-refractivity contribution in [1.82, 2.24) is 9.88 Å². The third-order valence-electron chi connectivity index (χ3n) is 4.60. The van der Waals surface area contributed by atoms with Crippen molar-refractivity contribution < 1.29 is 14.3 Å². The number of halogens is 1. The molecule has 154 valence electrons. The number of aromatic nitrogens is 1. The number of amides is 1. The predicted octanol–water partition coefficient (Wildman–Crippen LogP) is 3.03. The Balaban J connectivity index is 1.89. The van der Waals surface area contributed by atoms with Gasteiger partial charge in [-0.3, -0.25) is 15.2 Å². The number of carbonyl (C=O) groups excluding carboxylic acids is 2. The van der Waals surface area contributed by atoms with Crippen molar-refractivity contribution in [3.8, 4) is 0 Å². The fourth-order valence-corrected chi connectivity index (χ4v) is 3.50. The first-order valence-corrected chi connectivity index (χ1v) is 9.64. The average molecular weight is 418 g/mol. The number of pyridine rings is 1. The van der Waals surface area contributed by atoms with Crippen LogP contribution in [0.15, 0.2) is 30.6 Å². The van der Waals surface area contributed by atoms with E-state index in [9.17, 15) is 9.59 Å². The van der Waals surface area contributed by atoms with Gasteiger partial charge in [-0.15, -0.1) is 0 Å². The fraction of sp³-hybridized carbons (Fsp3) is 0.400. The molecule has 0 bridgehead atoms. The lowest BCUT2D eigenvalue weighted by Crippen LogP contribution is -2.43. The van der Waals surface area contributed by atoms with Gasteiger partial charge < -0.3 is 15.4 Å². The molecule has 1 aliphatic heterocycles. The topological polar surface area (TPSA) is 113 Å². The molecule has 0 aliphatic carbocycles. The van der Waals surface area contributed by atoms with E-state index in [1.54, 1.807) is 50.1 Å². The molecule has 2 aromatic rings. The Hall–Kier alpha value is -2.87. The van der Waals surface area contributed by atoms with Crippen LogP contribution in [0.5, 0.6) is 0 Å². The van der Waals surface area contributed by atoms with Crippen molar-refractivity contribution in [2.75, 3.05) is 11.0 Å². The molecular weight excluding hydrogens is 394 g/mol. The minimum absolute atomic E-state index is 0.236. The number of nitrogens with two attached hydrogens (primary N) is 1. The number of esters is 1. The number of carbonyl (C=O) groups is 2. The SMILES string of the molecule is CC(C)(C)OC(=O)[C@@H]1CCCN1C(=O)c1ccc2c(N(Cl)C(=N)N)cncc2c1. The van der Waals surface area contributed by atoms with Gasteiger partial charge in [0, 0.05) is 40.9 Å². The van der Waals surface area contributed by atoms with Crippen LogP contribution >= 0.6 is 11.8 Å². The molecule has 1 amide bonds. The zero-order chi connectivity index (χ0) is 21.3. The first-order valence-electron chi connectivity index (χ1n) is 9.30. The summed E-state index contributed by atoms with van der Waals surface area (Å²) in [4.78, 5) is 31.3. The van der Waals surface area contributed by atoms with Crippen molar-refractivity contribution in [2.45, 2.75) is 45.3 Å². The predicted molar refractivity (Wildman–Crippen MR) is 112 cm³/mol. The Morgan fingerprint density at radius 2 is 2.07 bits per heavy atom. The molecule has 1 atom stereocenters. The van der Waals surface area contributed by atoms with Crippen LogP contribution in [-0.4, -0.2) is 45.9 Å². The lowest BCUT2D eigenvalue weighted by molar-refractivity contribution is -0.159. The maximum absolute atomic E-state index is 13.1. The van der Waals surface area contributed by atoms with Crippen LogP contribution in [0.1, 0.15) is 44.0 Å². The van der Waals surface area contributed by atoms with E-state index in [1.807, 2.05) is 0 Å². The number of hydrogen-bond donors (Lipinski definition) is 2. The molecule has 0 radical (unpaired) electrons. The van der Waals surface area contributed by atoms with E-state index < -0.39 is 11.6 Å². The van der Waals surface area contributed by atoms with Crippen molar-refractivity contribution in [2.24, 2.45) is 5.73 Å². The zero-order valence-electron chi connectivity index (χ0n) is 16.6. The molecule has 3 rings (SSSR count). The fourth-order valence-electron chi connectivity index (χ4n) is 3.37. The molecule has 1 fully saturated rings. The number of nitrogens with zero attached hydrogens (tertiary/aromatic N) is 3. The largest absolute Gasteiger partial charge is 0.458 e. The van der Waals surface area contributed by atoms with Gasteiger partial charge in [-0.25, -0.2) is 9.21 Å². The Bertz CT molecular complexity index is 972. The summed E-state index contributed by atoms with van der Waals surface area (Å²) < 4.78 is 6.47. The summed E-state index contributed by atoms with van der Waals surface area (Å²) in [7, 11) is 0. The number of hydrogen-bond acceptors (Lipinski definition) is 5. The number of guanidine groups is 1. The molecule has 0 saturated carbocycles. The van der Waals surface area contributed by atoms with E-state index >= 15 is 0 Å². The molecule has 1 aliphatic rings. The van der Waals surface area contributed by atoms with Crippen molar-refractivity contribution >= 4 is 46.1 Å². The van der Waals surface area contributed by atoms with E-state index in [4.69, 9.17) is 27.7 Å². The molecule has 8 nitrogen and oxygen atoms in total. The monoisotopic (exact) mass is 417 g/mol. The van der Waals surface area contributed by atoms with E-state index in [1.165, 1.54) is 6.20 Å². The van der Waals surface area contributed by atoms with Crippen molar-refractivity contribution in [3.05, 3.63) is 36.2 Å². The van der Waals surface area contributed by atoms with Crippen LogP contribution in [0, 0.1) is 5.41 Å². The third kappa shape index (κ3) is 4.42. The van der Waals surface area contributed by atoms with Crippen LogP contribution in [0.2, 0.25) is 0 Å². The highest BCUT2D eigenvalue weighted by Gasteiger charge is 2.37. The lowest BCUT2D eigenvalue weighted by Gasteiger charge is -2.27. The average Bonchev–Trinajstić information content (AvgIpc) is 3.14. The van der Waals surface area contributed by atoms with Crippen molar-refractivity contribution in [3.63, 3.8) is 0 Å². The van der Waals surface area contributed by atoms with Gasteiger partial charge >= 0.3 is 5.97 Å². The molecule has 3 N–H and O–H groups in total. The van der Waals surface area contributed by atoms with Gasteiger partial charge in [0.1, 0.15) is 11.6 Å². The summed E-state index contributed by atoms with van der Waals surface area (Å²) in [5, 5.41) is 8.88. The Labute approximate surface area is 174 Å². The standard InChI is InChI=1S/C20H24ClN5O3/c1-20(2,3)29-18(28)15-5-4-8-25(15)17(27)12-6-7-14-13(9-12)10-24-11-16(14)26(21)19(22)23/h6-7,9-11,15H,4-5,8H2,1-3H3,(H3,22,23)/t15-/m0/s1. The second-order valence-corrected chi connectivity index (χ2v) is 8.29. The number of likely N-dealkylation sites (tertiary alicyclic amines) is 1. The molecule has 1 aromatic heterocycles. The zero-order valence-corrected chi connectivity index (χ0v) is 17.4. The molecular formula is C20H24ClN5O3. The van der Waals surface area contributed by atoms with Crippen LogP contribution in [0.4, 0.5) is 5.69 Å². The number of nitrogens with one attached hydrogen (secondary N) is 1. The van der Waals surface area contributed by atoms with E-state index in [0.29, 0.717) is 35.0 Å². The summed E-state index contributed by atoms with van der Waals surface area (Å²) in [5.41, 5.74) is 5.73.